The summed E-state index contributed by atoms with van der Waals surface area (Å²) in [6, 6.07) is 19.3. The fraction of sp³-hybridized carbons (Fsp3) is 0.533. The number of hydrogen-bond donors (Lipinski definition) is 1. The van der Waals surface area contributed by atoms with Gasteiger partial charge in [0, 0.05) is 12.3 Å². The van der Waals surface area contributed by atoms with Crippen molar-refractivity contribution < 1.29 is 19.1 Å². The lowest BCUT2D eigenvalue weighted by atomic mass is 9.64. The third-order valence-electron chi connectivity index (χ3n) is 7.02. The number of carbonyl (C=O) groups excluding carboxylic acids is 2. The van der Waals surface area contributed by atoms with Crippen LogP contribution < -0.4 is 5.32 Å². The molecule has 5 nitrogen and oxygen atoms in total. The Morgan fingerprint density at radius 1 is 0.943 bits per heavy atom. The number of alkyl carbamates (subject to hydrolysis) is 1. The molecule has 0 unspecified atom stereocenters. The minimum Gasteiger partial charge on any atom is -0.461 e. The summed E-state index contributed by atoms with van der Waals surface area (Å²) >= 11 is 0. The molecule has 5 heteroatoms. The summed E-state index contributed by atoms with van der Waals surface area (Å²) in [5.74, 6) is 0.249. The van der Waals surface area contributed by atoms with Crippen LogP contribution in [0.5, 0.6) is 0 Å². The third kappa shape index (κ3) is 7.58. The summed E-state index contributed by atoms with van der Waals surface area (Å²) in [5.41, 5.74) is 1.38. The van der Waals surface area contributed by atoms with E-state index in [2.05, 4.69) is 50.4 Å². The second-order valence-corrected chi connectivity index (χ2v) is 11.5. The summed E-state index contributed by atoms with van der Waals surface area (Å²) in [5, 5.41) is 2.77. The number of carbonyl (C=O) groups is 2. The van der Waals surface area contributed by atoms with Crippen molar-refractivity contribution in [2.24, 2.45) is 11.8 Å². The van der Waals surface area contributed by atoms with Gasteiger partial charge in [0.25, 0.3) is 0 Å². The standard InChI is InChI=1S/C30H41NO4/c1-21-17-18-24(30(5,6)23-15-11-8-12-16-23)26(19-21)34-27(32)25(20-22-13-9-7-10-14-22)31-28(33)35-29(2,3)4/h7-16,21,24-26H,17-20H2,1-6H3,(H,31,33)/t21-,24-,25-,26-/m1/s1. The molecule has 0 spiro atoms. The second-order valence-electron chi connectivity index (χ2n) is 11.5. The average Bonchev–Trinajstić information content (AvgIpc) is 2.78. The Labute approximate surface area is 210 Å². The van der Waals surface area contributed by atoms with Crippen LogP contribution in [0, 0.1) is 11.8 Å². The van der Waals surface area contributed by atoms with E-state index in [-0.39, 0.29) is 17.4 Å². The maximum Gasteiger partial charge on any atom is 0.408 e. The van der Waals surface area contributed by atoms with Gasteiger partial charge >= 0.3 is 12.1 Å². The molecular formula is C30H41NO4. The highest BCUT2D eigenvalue weighted by atomic mass is 16.6. The maximum atomic E-state index is 13.5. The summed E-state index contributed by atoms with van der Waals surface area (Å²) < 4.78 is 11.7. The van der Waals surface area contributed by atoms with E-state index in [0.717, 1.165) is 24.8 Å². The molecule has 2 aromatic carbocycles. The molecule has 2 aromatic rings. The Kier molecular flexibility index (Phi) is 8.63. The Hall–Kier alpha value is -2.82. The Bertz CT molecular complexity index is 965. The third-order valence-corrected chi connectivity index (χ3v) is 7.02. The van der Waals surface area contributed by atoms with Crippen LogP contribution in [-0.2, 0) is 26.1 Å². The van der Waals surface area contributed by atoms with Crippen molar-refractivity contribution in [2.45, 2.75) is 90.4 Å². The first-order valence-electron chi connectivity index (χ1n) is 12.7. The lowest BCUT2D eigenvalue weighted by molar-refractivity contribution is -0.159. The Balaban J connectivity index is 1.81. The number of ether oxygens (including phenoxy) is 2. The van der Waals surface area contributed by atoms with Gasteiger partial charge in [0.2, 0.25) is 0 Å². The molecule has 0 saturated heterocycles. The quantitative estimate of drug-likeness (QED) is 0.464. The zero-order valence-electron chi connectivity index (χ0n) is 22.0. The van der Waals surface area contributed by atoms with Crippen molar-refractivity contribution >= 4 is 12.1 Å². The molecule has 1 N–H and O–H groups in total. The van der Waals surface area contributed by atoms with Crippen molar-refractivity contribution in [1.82, 2.24) is 5.32 Å². The van der Waals surface area contributed by atoms with E-state index in [4.69, 9.17) is 9.47 Å². The molecule has 4 atom stereocenters. The molecule has 0 radical (unpaired) electrons. The minimum atomic E-state index is -0.829. The lowest BCUT2D eigenvalue weighted by Gasteiger charge is -2.44. The summed E-state index contributed by atoms with van der Waals surface area (Å²) in [6.07, 6.45) is 2.42. The van der Waals surface area contributed by atoms with Crippen LogP contribution in [0.3, 0.4) is 0 Å². The molecule has 0 bridgehead atoms. The van der Waals surface area contributed by atoms with Crippen LogP contribution in [0.4, 0.5) is 4.79 Å². The van der Waals surface area contributed by atoms with Gasteiger partial charge in [-0.2, -0.15) is 0 Å². The predicted octanol–water partition coefficient (Wildman–Crippen LogP) is 6.45. The van der Waals surface area contributed by atoms with Crippen molar-refractivity contribution in [3.8, 4) is 0 Å². The Morgan fingerprint density at radius 2 is 1.54 bits per heavy atom. The number of hydrogen-bond acceptors (Lipinski definition) is 4. The first kappa shape index (κ1) is 26.8. The average molecular weight is 480 g/mol. The number of amides is 1. The normalized spacial score (nSPS) is 21.6. The van der Waals surface area contributed by atoms with Gasteiger partial charge in [0.05, 0.1) is 0 Å². The van der Waals surface area contributed by atoms with Crippen molar-refractivity contribution in [2.75, 3.05) is 0 Å². The highest BCUT2D eigenvalue weighted by Crippen LogP contribution is 2.43. The molecule has 0 aromatic heterocycles. The molecule has 3 rings (SSSR count). The largest absolute Gasteiger partial charge is 0.461 e. The first-order chi connectivity index (χ1) is 16.5. The molecule has 1 saturated carbocycles. The zero-order valence-corrected chi connectivity index (χ0v) is 22.0. The van der Waals surface area contributed by atoms with Gasteiger partial charge in [0.1, 0.15) is 17.7 Å². The van der Waals surface area contributed by atoms with Crippen LogP contribution in [0.15, 0.2) is 60.7 Å². The molecule has 1 amide bonds. The van der Waals surface area contributed by atoms with E-state index in [9.17, 15) is 9.59 Å². The SMILES string of the molecule is C[C@@H]1CC[C@@H](C(C)(C)c2ccccc2)[C@H](OC(=O)[C@@H](Cc2ccccc2)NC(=O)OC(C)(C)C)C1. The van der Waals surface area contributed by atoms with E-state index in [1.807, 2.05) is 36.4 Å². The summed E-state index contributed by atoms with van der Waals surface area (Å²) in [4.78, 5) is 26.1. The molecule has 1 aliphatic carbocycles. The molecule has 190 valence electrons. The van der Waals surface area contributed by atoms with E-state index in [1.54, 1.807) is 20.8 Å². The highest BCUT2D eigenvalue weighted by molar-refractivity contribution is 5.82. The first-order valence-corrected chi connectivity index (χ1v) is 12.7. The van der Waals surface area contributed by atoms with Crippen molar-refractivity contribution in [1.29, 1.82) is 0 Å². The van der Waals surface area contributed by atoms with E-state index >= 15 is 0 Å². The summed E-state index contributed by atoms with van der Waals surface area (Å²) in [6.45, 7) is 12.1. The van der Waals surface area contributed by atoms with Crippen molar-refractivity contribution in [3.05, 3.63) is 71.8 Å². The van der Waals surface area contributed by atoms with Crippen LogP contribution in [0.2, 0.25) is 0 Å². The van der Waals surface area contributed by atoms with E-state index in [0.29, 0.717) is 12.3 Å². The number of benzene rings is 2. The summed E-state index contributed by atoms with van der Waals surface area (Å²) in [7, 11) is 0. The Morgan fingerprint density at radius 3 is 2.14 bits per heavy atom. The van der Waals surface area contributed by atoms with Crippen LogP contribution in [0.1, 0.15) is 71.9 Å². The topological polar surface area (TPSA) is 64.6 Å². The van der Waals surface area contributed by atoms with Gasteiger partial charge in [0.15, 0.2) is 0 Å². The predicted molar refractivity (Wildman–Crippen MR) is 139 cm³/mol. The molecule has 0 heterocycles. The molecule has 35 heavy (non-hydrogen) atoms. The van der Waals surface area contributed by atoms with Crippen LogP contribution in [-0.4, -0.2) is 29.8 Å². The van der Waals surface area contributed by atoms with Gasteiger partial charge in [-0.15, -0.1) is 0 Å². The van der Waals surface area contributed by atoms with Gasteiger partial charge in [-0.05, 0) is 56.1 Å². The van der Waals surface area contributed by atoms with Gasteiger partial charge < -0.3 is 14.8 Å². The van der Waals surface area contributed by atoms with Gasteiger partial charge in [-0.25, -0.2) is 9.59 Å². The smallest absolute Gasteiger partial charge is 0.408 e. The molecular weight excluding hydrogens is 438 g/mol. The molecule has 1 aliphatic rings. The number of esters is 1. The van der Waals surface area contributed by atoms with Crippen LogP contribution >= 0.6 is 0 Å². The van der Waals surface area contributed by atoms with E-state index in [1.165, 1.54) is 5.56 Å². The molecule has 0 aliphatic heterocycles. The van der Waals surface area contributed by atoms with E-state index < -0.39 is 23.7 Å². The monoisotopic (exact) mass is 479 g/mol. The van der Waals surface area contributed by atoms with Gasteiger partial charge in [-0.1, -0.05) is 87.9 Å². The lowest BCUT2D eigenvalue weighted by Crippen LogP contribution is -2.49. The number of rotatable bonds is 7. The fourth-order valence-electron chi connectivity index (χ4n) is 5.09. The molecule has 1 fully saturated rings. The maximum absolute atomic E-state index is 13.5. The van der Waals surface area contributed by atoms with Crippen molar-refractivity contribution in [3.63, 3.8) is 0 Å². The number of nitrogens with one attached hydrogen (secondary N) is 1. The van der Waals surface area contributed by atoms with Gasteiger partial charge in [-0.3, -0.25) is 0 Å². The fourth-order valence-corrected chi connectivity index (χ4v) is 5.09. The second kappa shape index (κ2) is 11.3. The highest BCUT2D eigenvalue weighted by Gasteiger charge is 2.42. The van der Waals surface area contributed by atoms with Crippen LogP contribution in [0.25, 0.3) is 0 Å². The zero-order chi connectivity index (χ0) is 25.6. The minimum absolute atomic E-state index is 0.153.